The van der Waals surface area contributed by atoms with E-state index in [0.29, 0.717) is 13.1 Å². The topological polar surface area (TPSA) is 57.7 Å². The van der Waals surface area contributed by atoms with E-state index in [1.54, 1.807) is 4.90 Å². The van der Waals surface area contributed by atoms with Crippen molar-refractivity contribution in [3.05, 3.63) is 35.9 Å². The van der Waals surface area contributed by atoms with Crippen molar-refractivity contribution < 1.29 is 13.2 Å². The molecule has 1 aliphatic heterocycles. The third kappa shape index (κ3) is 4.55. The Balaban J connectivity index is 2.16. The number of hydrogen-bond donors (Lipinski definition) is 0. The molecule has 1 aromatic rings. The minimum atomic E-state index is -3.44. The van der Waals surface area contributed by atoms with E-state index in [1.807, 2.05) is 37.4 Å². The zero-order chi connectivity index (χ0) is 16.2. The molecule has 0 radical (unpaired) electrons. The first-order chi connectivity index (χ1) is 10.4. The number of sulfone groups is 1. The lowest BCUT2D eigenvalue weighted by molar-refractivity contribution is -0.130. The van der Waals surface area contributed by atoms with Gasteiger partial charge in [0, 0.05) is 25.9 Å². The SMILES string of the molecule is CN1CCCN(C(=O)[C@H](Cc2ccccc2)S(C)(=O)=O)CC1. The highest BCUT2D eigenvalue weighted by Gasteiger charge is 2.33. The maximum atomic E-state index is 12.7. The van der Waals surface area contributed by atoms with Crippen LogP contribution in [0.4, 0.5) is 0 Å². The first-order valence-corrected chi connectivity index (χ1v) is 9.53. The molecule has 1 amide bonds. The molecule has 6 heteroatoms. The molecule has 22 heavy (non-hydrogen) atoms. The Hall–Kier alpha value is -1.40. The van der Waals surface area contributed by atoms with E-state index in [-0.39, 0.29) is 12.3 Å². The van der Waals surface area contributed by atoms with Gasteiger partial charge in [0.1, 0.15) is 5.25 Å². The zero-order valence-corrected chi connectivity index (χ0v) is 14.1. The molecule has 1 heterocycles. The number of rotatable bonds is 4. The Morgan fingerprint density at radius 1 is 1.14 bits per heavy atom. The number of amides is 1. The van der Waals surface area contributed by atoms with Gasteiger partial charge in [0.2, 0.25) is 5.91 Å². The van der Waals surface area contributed by atoms with Gasteiger partial charge in [-0.25, -0.2) is 8.42 Å². The van der Waals surface area contributed by atoms with Gasteiger partial charge in [-0.1, -0.05) is 30.3 Å². The Morgan fingerprint density at radius 3 is 2.45 bits per heavy atom. The summed E-state index contributed by atoms with van der Waals surface area (Å²) in [5, 5.41) is -0.988. The Kier molecular flexibility index (Phi) is 5.58. The molecular formula is C16H24N2O3S. The summed E-state index contributed by atoms with van der Waals surface area (Å²) in [5.74, 6) is -0.262. The third-order valence-corrected chi connectivity index (χ3v) is 5.49. The van der Waals surface area contributed by atoms with E-state index in [4.69, 9.17) is 0 Å². The predicted octanol–water partition coefficient (Wildman–Crippen LogP) is 0.806. The monoisotopic (exact) mass is 324 g/mol. The summed E-state index contributed by atoms with van der Waals surface area (Å²) < 4.78 is 24.2. The van der Waals surface area contributed by atoms with Gasteiger partial charge in [0.15, 0.2) is 9.84 Å². The molecule has 1 atom stereocenters. The predicted molar refractivity (Wildman–Crippen MR) is 87.5 cm³/mol. The standard InChI is InChI=1S/C16H24N2O3S/c1-17-9-6-10-18(12-11-17)16(19)15(22(2,20)21)13-14-7-4-3-5-8-14/h3-5,7-8,15H,6,9-13H2,1-2H3/t15-/m0/s1. The molecule has 2 rings (SSSR count). The third-order valence-electron chi connectivity index (χ3n) is 4.09. The summed E-state index contributed by atoms with van der Waals surface area (Å²) in [6.07, 6.45) is 2.28. The van der Waals surface area contributed by atoms with Crippen molar-refractivity contribution in [2.45, 2.75) is 18.1 Å². The van der Waals surface area contributed by atoms with Gasteiger partial charge in [-0.3, -0.25) is 4.79 Å². The van der Waals surface area contributed by atoms with Crippen molar-refractivity contribution in [1.29, 1.82) is 0 Å². The van der Waals surface area contributed by atoms with Gasteiger partial charge in [-0.2, -0.15) is 0 Å². The minimum Gasteiger partial charge on any atom is -0.340 e. The lowest BCUT2D eigenvalue weighted by Gasteiger charge is -2.25. The number of benzene rings is 1. The molecule has 0 bridgehead atoms. The first-order valence-electron chi connectivity index (χ1n) is 7.58. The molecule has 0 aliphatic carbocycles. The number of carbonyl (C=O) groups is 1. The fourth-order valence-corrected chi connectivity index (χ4v) is 3.73. The van der Waals surface area contributed by atoms with Crippen LogP contribution in [-0.4, -0.2) is 68.9 Å². The highest BCUT2D eigenvalue weighted by atomic mass is 32.2. The fraction of sp³-hybridized carbons (Fsp3) is 0.562. The van der Waals surface area contributed by atoms with Gasteiger partial charge >= 0.3 is 0 Å². The quantitative estimate of drug-likeness (QED) is 0.822. The molecule has 1 saturated heterocycles. The summed E-state index contributed by atoms with van der Waals surface area (Å²) in [7, 11) is -1.42. The van der Waals surface area contributed by atoms with Crippen LogP contribution in [0.3, 0.4) is 0 Å². The molecule has 1 aliphatic rings. The maximum absolute atomic E-state index is 12.7. The summed E-state index contributed by atoms with van der Waals surface area (Å²) >= 11 is 0. The number of nitrogens with zero attached hydrogens (tertiary/aromatic N) is 2. The van der Waals surface area contributed by atoms with Crippen LogP contribution in [-0.2, 0) is 21.1 Å². The largest absolute Gasteiger partial charge is 0.340 e. The molecule has 0 saturated carbocycles. The maximum Gasteiger partial charge on any atom is 0.241 e. The van der Waals surface area contributed by atoms with Crippen LogP contribution in [0, 0.1) is 0 Å². The van der Waals surface area contributed by atoms with Crippen molar-refractivity contribution in [2.75, 3.05) is 39.5 Å². The second-order valence-electron chi connectivity index (χ2n) is 5.99. The zero-order valence-electron chi connectivity index (χ0n) is 13.2. The summed E-state index contributed by atoms with van der Waals surface area (Å²) in [6, 6.07) is 9.33. The lowest BCUT2D eigenvalue weighted by Crippen LogP contribution is -2.45. The molecule has 0 N–H and O–H groups in total. The second kappa shape index (κ2) is 7.24. The van der Waals surface area contributed by atoms with Crippen LogP contribution in [0.15, 0.2) is 30.3 Å². The summed E-state index contributed by atoms with van der Waals surface area (Å²) in [4.78, 5) is 16.6. The van der Waals surface area contributed by atoms with Crippen LogP contribution in [0.1, 0.15) is 12.0 Å². The van der Waals surface area contributed by atoms with Gasteiger partial charge in [-0.15, -0.1) is 0 Å². The van der Waals surface area contributed by atoms with E-state index >= 15 is 0 Å². The summed E-state index contributed by atoms with van der Waals surface area (Å²) in [5.41, 5.74) is 0.873. The molecule has 1 aromatic carbocycles. The molecular weight excluding hydrogens is 300 g/mol. The molecule has 0 unspecified atom stereocenters. The molecule has 122 valence electrons. The van der Waals surface area contributed by atoms with E-state index in [2.05, 4.69) is 4.90 Å². The molecule has 0 aromatic heterocycles. The highest BCUT2D eigenvalue weighted by molar-refractivity contribution is 7.92. The van der Waals surface area contributed by atoms with E-state index in [9.17, 15) is 13.2 Å². The van der Waals surface area contributed by atoms with Crippen LogP contribution in [0.5, 0.6) is 0 Å². The average molecular weight is 324 g/mol. The van der Waals surface area contributed by atoms with E-state index in [0.717, 1.165) is 31.3 Å². The second-order valence-corrected chi connectivity index (χ2v) is 8.22. The lowest BCUT2D eigenvalue weighted by atomic mass is 10.1. The van der Waals surface area contributed by atoms with E-state index < -0.39 is 15.1 Å². The first kappa shape index (κ1) is 17.0. The van der Waals surface area contributed by atoms with Crippen molar-refractivity contribution in [3.8, 4) is 0 Å². The smallest absolute Gasteiger partial charge is 0.241 e. The molecule has 5 nitrogen and oxygen atoms in total. The Morgan fingerprint density at radius 2 is 1.82 bits per heavy atom. The van der Waals surface area contributed by atoms with Crippen molar-refractivity contribution in [2.24, 2.45) is 0 Å². The molecule has 0 spiro atoms. The normalized spacial score (nSPS) is 18.7. The van der Waals surface area contributed by atoms with Crippen molar-refractivity contribution >= 4 is 15.7 Å². The van der Waals surface area contributed by atoms with Crippen LogP contribution in [0.25, 0.3) is 0 Å². The van der Waals surface area contributed by atoms with Crippen LogP contribution >= 0.6 is 0 Å². The van der Waals surface area contributed by atoms with Gasteiger partial charge in [0.05, 0.1) is 0 Å². The van der Waals surface area contributed by atoms with E-state index in [1.165, 1.54) is 0 Å². The fourth-order valence-electron chi connectivity index (χ4n) is 2.72. The van der Waals surface area contributed by atoms with Gasteiger partial charge in [-0.05, 0) is 32.0 Å². The molecule has 1 fully saturated rings. The Bertz CT molecular complexity index is 601. The highest BCUT2D eigenvalue weighted by Crippen LogP contribution is 2.14. The number of hydrogen-bond acceptors (Lipinski definition) is 4. The van der Waals surface area contributed by atoms with Crippen molar-refractivity contribution in [1.82, 2.24) is 9.80 Å². The number of carbonyl (C=O) groups excluding carboxylic acids is 1. The van der Waals surface area contributed by atoms with Gasteiger partial charge in [0.25, 0.3) is 0 Å². The van der Waals surface area contributed by atoms with Crippen molar-refractivity contribution in [3.63, 3.8) is 0 Å². The number of likely N-dealkylation sites (N-methyl/N-ethyl adjacent to an activating group) is 1. The Labute approximate surface area is 132 Å². The van der Waals surface area contributed by atoms with Crippen LogP contribution in [0.2, 0.25) is 0 Å². The van der Waals surface area contributed by atoms with Crippen LogP contribution < -0.4 is 0 Å². The minimum absolute atomic E-state index is 0.241. The average Bonchev–Trinajstić information content (AvgIpc) is 2.69. The summed E-state index contributed by atoms with van der Waals surface area (Å²) in [6.45, 7) is 2.94. The van der Waals surface area contributed by atoms with Gasteiger partial charge < -0.3 is 9.80 Å².